The Hall–Kier alpha value is -3.33. The smallest absolute Gasteiger partial charge is 0.227 e. The van der Waals surface area contributed by atoms with Crippen LogP contribution in [0.3, 0.4) is 0 Å². The van der Waals surface area contributed by atoms with Gasteiger partial charge in [0.25, 0.3) is 0 Å². The zero-order chi connectivity index (χ0) is 22.6. The lowest BCUT2D eigenvalue weighted by molar-refractivity contribution is 0.320. The fourth-order valence-corrected chi connectivity index (χ4v) is 4.90. The minimum Gasteiger partial charge on any atom is -0.493 e. The number of hydrogen-bond acceptors (Lipinski definition) is 3. The number of ether oxygens (including phenoxy) is 1. The van der Waals surface area contributed by atoms with Gasteiger partial charge in [0.15, 0.2) is 5.76 Å². The first-order valence-electron chi connectivity index (χ1n) is 12.1. The number of fused-ring (bicyclic) bond motifs is 1. The average molecular weight is 438 g/mol. The van der Waals surface area contributed by atoms with E-state index in [0.717, 1.165) is 40.7 Å². The standard InChI is InChI=1S/C30H31NO2/c1-3-21(2)26-16-14-24-20-25(15-17-27(24)26)32-19-18-28-29(22-10-6-4-7-11-22)33-30(31-28)23-12-8-5-9-13-23/h4-13,15,17,20-21,26H,3,14,16,18-19H2,1-2H3. The first-order valence-corrected chi connectivity index (χ1v) is 12.1. The minimum atomic E-state index is 0.564. The molecule has 5 rings (SSSR count). The van der Waals surface area contributed by atoms with Crippen LogP contribution in [-0.2, 0) is 12.8 Å². The number of oxazole rings is 1. The Morgan fingerprint density at radius 3 is 2.42 bits per heavy atom. The Balaban J connectivity index is 1.32. The Labute approximate surface area is 196 Å². The van der Waals surface area contributed by atoms with Crippen LogP contribution < -0.4 is 4.74 Å². The largest absolute Gasteiger partial charge is 0.493 e. The van der Waals surface area contributed by atoms with Gasteiger partial charge in [-0.3, -0.25) is 0 Å². The molecular formula is C30H31NO2. The lowest BCUT2D eigenvalue weighted by Crippen LogP contribution is -2.06. The van der Waals surface area contributed by atoms with Gasteiger partial charge in [-0.25, -0.2) is 4.98 Å². The van der Waals surface area contributed by atoms with Gasteiger partial charge in [0.05, 0.1) is 12.3 Å². The molecule has 3 heteroatoms. The number of nitrogens with zero attached hydrogens (tertiary/aromatic N) is 1. The topological polar surface area (TPSA) is 35.3 Å². The number of rotatable bonds is 8. The maximum absolute atomic E-state index is 6.23. The molecule has 0 N–H and O–H groups in total. The quantitative estimate of drug-likeness (QED) is 0.283. The van der Waals surface area contributed by atoms with Crippen LogP contribution >= 0.6 is 0 Å². The summed E-state index contributed by atoms with van der Waals surface area (Å²) in [5, 5.41) is 0. The molecule has 2 atom stereocenters. The third-order valence-electron chi connectivity index (χ3n) is 6.93. The van der Waals surface area contributed by atoms with Crippen molar-refractivity contribution in [2.45, 2.75) is 45.4 Å². The van der Waals surface area contributed by atoms with Gasteiger partial charge in [-0.05, 0) is 60.1 Å². The second-order valence-electron chi connectivity index (χ2n) is 9.02. The predicted molar refractivity (Wildman–Crippen MR) is 134 cm³/mol. The van der Waals surface area contributed by atoms with Crippen LogP contribution in [-0.4, -0.2) is 11.6 Å². The van der Waals surface area contributed by atoms with Crippen LogP contribution in [0.15, 0.2) is 83.3 Å². The molecule has 0 spiro atoms. The molecule has 33 heavy (non-hydrogen) atoms. The van der Waals surface area contributed by atoms with Gasteiger partial charge in [0.2, 0.25) is 5.89 Å². The molecule has 3 aromatic carbocycles. The van der Waals surface area contributed by atoms with Crippen molar-refractivity contribution in [1.82, 2.24) is 4.98 Å². The van der Waals surface area contributed by atoms with Gasteiger partial charge in [-0.1, -0.05) is 74.9 Å². The summed E-state index contributed by atoms with van der Waals surface area (Å²) in [6, 6.07) is 26.9. The maximum atomic E-state index is 6.23. The average Bonchev–Trinajstić information content (AvgIpc) is 3.49. The van der Waals surface area contributed by atoms with Crippen LogP contribution in [0.1, 0.15) is 49.4 Å². The number of benzene rings is 3. The van der Waals surface area contributed by atoms with Crippen LogP contribution in [0.2, 0.25) is 0 Å². The molecule has 0 saturated carbocycles. The molecule has 168 valence electrons. The van der Waals surface area contributed by atoms with Gasteiger partial charge in [-0.2, -0.15) is 0 Å². The second kappa shape index (κ2) is 9.66. The molecule has 1 heterocycles. The maximum Gasteiger partial charge on any atom is 0.227 e. The van der Waals surface area contributed by atoms with Crippen molar-refractivity contribution >= 4 is 0 Å². The summed E-state index contributed by atoms with van der Waals surface area (Å²) >= 11 is 0. The monoisotopic (exact) mass is 437 g/mol. The molecule has 0 amide bonds. The van der Waals surface area contributed by atoms with Gasteiger partial charge >= 0.3 is 0 Å². The second-order valence-corrected chi connectivity index (χ2v) is 9.02. The molecule has 3 nitrogen and oxygen atoms in total. The van der Waals surface area contributed by atoms with E-state index in [-0.39, 0.29) is 0 Å². The van der Waals surface area contributed by atoms with Gasteiger partial charge < -0.3 is 9.15 Å². The minimum absolute atomic E-state index is 0.564. The molecular weight excluding hydrogens is 406 g/mol. The van der Waals surface area contributed by atoms with Crippen LogP contribution in [0.25, 0.3) is 22.8 Å². The van der Waals surface area contributed by atoms with E-state index in [9.17, 15) is 0 Å². The lowest BCUT2D eigenvalue weighted by Gasteiger charge is -2.18. The normalized spacial score (nSPS) is 15.9. The third-order valence-corrected chi connectivity index (χ3v) is 6.93. The van der Waals surface area contributed by atoms with Crippen molar-refractivity contribution in [1.29, 1.82) is 0 Å². The highest BCUT2D eigenvalue weighted by atomic mass is 16.5. The van der Waals surface area contributed by atoms with Crippen molar-refractivity contribution in [3.05, 3.63) is 95.7 Å². The van der Waals surface area contributed by atoms with Crippen LogP contribution in [0, 0.1) is 5.92 Å². The highest BCUT2D eigenvalue weighted by Gasteiger charge is 2.26. The van der Waals surface area contributed by atoms with Crippen LogP contribution in [0.5, 0.6) is 5.75 Å². The van der Waals surface area contributed by atoms with Gasteiger partial charge in [-0.15, -0.1) is 0 Å². The molecule has 0 radical (unpaired) electrons. The highest BCUT2D eigenvalue weighted by molar-refractivity contribution is 5.64. The first-order chi connectivity index (χ1) is 16.2. The van der Waals surface area contributed by atoms with E-state index in [1.54, 1.807) is 0 Å². The first kappa shape index (κ1) is 21.5. The van der Waals surface area contributed by atoms with Gasteiger partial charge in [0.1, 0.15) is 5.75 Å². The van der Waals surface area contributed by atoms with Crippen molar-refractivity contribution in [2.24, 2.45) is 5.92 Å². The third kappa shape index (κ3) is 4.59. The summed E-state index contributed by atoms with van der Waals surface area (Å²) in [4.78, 5) is 4.84. The molecule has 0 saturated heterocycles. The SMILES string of the molecule is CCC(C)C1CCc2cc(OCCc3nc(-c4ccccc4)oc3-c3ccccc3)ccc21. The van der Waals surface area contributed by atoms with Crippen molar-refractivity contribution in [2.75, 3.05) is 6.61 Å². The Kier molecular flexibility index (Phi) is 6.30. The van der Waals surface area contributed by atoms with Gasteiger partial charge in [0, 0.05) is 17.5 Å². The Morgan fingerprint density at radius 1 is 0.970 bits per heavy atom. The van der Waals surface area contributed by atoms with Crippen molar-refractivity contribution in [3.63, 3.8) is 0 Å². The summed E-state index contributed by atoms with van der Waals surface area (Å²) in [6.07, 6.45) is 4.33. The molecule has 0 bridgehead atoms. The molecule has 0 aliphatic heterocycles. The zero-order valence-corrected chi connectivity index (χ0v) is 19.5. The van der Waals surface area contributed by atoms with Crippen molar-refractivity contribution in [3.8, 4) is 28.5 Å². The van der Waals surface area contributed by atoms with E-state index < -0.39 is 0 Å². The zero-order valence-electron chi connectivity index (χ0n) is 19.5. The molecule has 2 unspecified atom stereocenters. The summed E-state index contributed by atoms with van der Waals surface area (Å²) in [6.45, 7) is 5.22. The van der Waals surface area contributed by atoms with E-state index in [0.29, 0.717) is 24.8 Å². The number of hydrogen-bond donors (Lipinski definition) is 0. The van der Waals surface area contributed by atoms with E-state index in [1.165, 1.54) is 24.0 Å². The lowest BCUT2D eigenvalue weighted by atomic mass is 9.87. The summed E-state index contributed by atoms with van der Waals surface area (Å²) in [5.74, 6) is 3.85. The summed E-state index contributed by atoms with van der Waals surface area (Å²) in [7, 11) is 0. The van der Waals surface area contributed by atoms with E-state index >= 15 is 0 Å². The Morgan fingerprint density at radius 2 is 1.70 bits per heavy atom. The Bertz CT molecular complexity index is 1200. The predicted octanol–water partition coefficient (Wildman–Crippen LogP) is 7.71. The fourth-order valence-electron chi connectivity index (χ4n) is 4.90. The number of aromatic nitrogens is 1. The molecule has 0 fully saturated rings. The van der Waals surface area contributed by atoms with Crippen molar-refractivity contribution < 1.29 is 9.15 Å². The summed E-state index contributed by atoms with van der Waals surface area (Å²) in [5.41, 5.74) is 5.92. The highest BCUT2D eigenvalue weighted by Crippen LogP contribution is 2.40. The molecule has 4 aromatic rings. The van der Waals surface area contributed by atoms with E-state index in [4.69, 9.17) is 14.1 Å². The van der Waals surface area contributed by atoms with E-state index in [2.05, 4.69) is 44.2 Å². The molecule has 1 aliphatic rings. The van der Waals surface area contributed by atoms with Crippen LogP contribution in [0.4, 0.5) is 0 Å². The number of aryl methyl sites for hydroxylation is 1. The fraction of sp³-hybridized carbons (Fsp3) is 0.300. The molecule has 1 aromatic heterocycles. The molecule has 1 aliphatic carbocycles. The van der Waals surface area contributed by atoms with E-state index in [1.807, 2.05) is 48.5 Å². The summed E-state index contributed by atoms with van der Waals surface area (Å²) < 4.78 is 12.4.